The van der Waals surface area contributed by atoms with E-state index in [9.17, 15) is 4.79 Å². The fraction of sp³-hybridized carbons (Fsp3) is 0.357. The molecule has 1 rings (SSSR count). The van der Waals surface area contributed by atoms with Gasteiger partial charge in [-0.3, -0.25) is 0 Å². The number of ether oxygens (including phenoxy) is 3. The Labute approximate surface area is 107 Å². The summed E-state index contributed by atoms with van der Waals surface area (Å²) in [5.74, 6) is -0.362. The SMILES string of the molecule is CCOC(=O)C=Cc1ccccc1C(OC)OC. The van der Waals surface area contributed by atoms with Gasteiger partial charge in [-0.05, 0) is 18.6 Å². The van der Waals surface area contributed by atoms with E-state index in [0.29, 0.717) is 6.61 Å². The minimum atomic E-state index is -0.451. The number of hydrogen-bond acceptors (Lipinski definition) is 4. The number of esters is 1. The molecule has 1 aromatic carbocycles. The van der Waals surface area contributed by atoms with Crippen LogP contribution in [-0.2, 0) is 19.0 Å². The zero-order valence-electron chi connectivity index (χ0n) is 10.9. The van der Waals surface area contributed by atoms with E-state index in [1.165, 1.54) is 6.08 Å². The van der Waals surface area contributed by atoms with Gasteiger partial charge < -0.3 is 14.2 Å². The van der Waals surface area contributed by atoms with Crippen molar-refractivity contribution in [2.24, 2.45) is 0 Å². The highest BCUT2D eigenvalue weighted by Gasteiger charge is 2.11. The van der Waals surface area contributed by atoms with Crippen molar-refractivity contribution in [1.82, 2.24) is 0 Å². The van der Waals surface area contributed by atoms with Gasteiger partial charge in [-0.2, -0.15) is 0 Å². The molecule has 0 saturated heterocycles. The number of hydrogen-bond donors (Lipinski definition) is 0. The molecule has 0 fully saturated rings. The summed E-state index contributed by atoms with van der Waals surface area (Å²) in [5.41, 5.74) is 1.72. The highest BCUT2D eigenvalue weighted by molar-refractivity contribution is 5.87. The molecule has 0 amide bonds. The van der Waals surface area contributed by atoms with Crippen molar-refractivity contribution in [3.8, 4) is 0 Å². The largest absolute Gasteiger partial charge is 0.463 e. The Hall–Kier alpha value is -1.65. The smallest absolute Gasteiger partial charge is 0.330 e. The Morgan fingerprint density at radius 1 is 1.28 bits per heavy atom. The van der Waals surface area contributed by atoms with E-state index in [2.05, 4.69) is 0 Å². The first-order valence-electron chi connectivity index (χ1n) is 5.72. The van der Waals surface area contributed by atoms with E-state index in [1.807, 2.05) is 24.3 Å². The van der Waals surface area contributed by atoms with E-state index >= 15 is 0 Å². The van der Waals surface area contributed by atoms with E-state index in [1.54, 1.807) is 27.2 Å². The molecular weight excluding hydrogens is 232 g/mol. The summed E-state index contributed by atoms with van der Waals surface area (Å²) in [6, 6.07) is 7.55. The Balaban J connectivity index is 2.91. The molecule has 0 N–H and O–H groups in total. The summed E-state index contributed by atoms with van der Waals surface area (Å²) in [6.07, 6.45) is 2.64. The topological polar surface area (TPSA) is 44.8 Å². The van der Waals surface area contributed by atoms with Crippen molar-refractivity contribution in [2.45, 2.75) is 13.2 Å². The predicted molar refractivity (Wildman–Crippen MR) is 68.9 cm³/mol. The Morgan fingerprint density at radius 2 is 1.94 bits per heavy atom. The van der Waals surface area contributed by atoms with Crippen molar-refractivity contribution < 1.29 is 19.0 Å². The maximum absolute atomic E-state index is 11.3. The van der Waals surface area contributed by atoms with Gasteiger partial charge in [0.05, 0.1) is 6.61 Å². The Kier molecular flexibility index (Phi) is 6.11. The lowest BCUT2D eigenvalue weighted by Gasteiger charge is -2.15. The second kappa shape index (κ2) is 7.63. The highest BCUT2D eigenvalue weighted by Crippen LogP contribution is 2.22. The number of benzene rings is 1. The van der Waals surface area contributed by atoms with Gasteiger partial charge >= 0.3 is 5.97 Å². The number of methoxy groups -OCH3 is 2. The number of rotatable bonds is 6. The molecule has 0 unspecified atom stereocenters. The monoisotopic (exact) mass is 250 g/mol. The third kappa shape index (κ3) is 3.98. The van der Waals surface area contributed by atoms with Gasteiger partial charge in [0.1, 0.15) is 0 Å². The summed E-state index contributed by atoms with van der Waals surface area (Å²) < 4.78 is 15.2. The summed E-state index contributed by atoms with van der Waals surface area (Å²) in [5, 5.41) is 0. The normalized spacial score (nSPS) is 11.1. The van der Waals surface area contributed by atoms with Gasteiger partial charge in [0.2, 0.25) is 0 Å². The van der Waals surface area contributed by atoms with Crippen molar-refractivity contribution in [2.75, 3.05) is 20.8 Å². The van der Waals surface area contributed by atoms with Crippen LogP contribution < -0.4 is 0 Å². The molecule has 0 aliphatic rings. The molecule has 4 nitrogen and oxygen atoms in total. The minimum Gasteiger partial charge on any atom is -0.463 e. The van der Waals surface area contributed by atoms with Crippen LogP contribution in [0.2, 0.25) is 0 Å². The molecule has 0 aliphatic heterocycles. The third-order valence-corrected chi connectivity index (χ3v) is 2.36. The van der Waals surface area contributed by atoms with Crippen molar-refractivity contribution in [3.63, 3.8) is 0 Å². The first-order valence-corrected chi connectivity index (χ1v) is 5.72. The summed E-state index contributed by atoms with van der Waals surface area (Å²) >= 11 is 0. The number of carbonyl (C=O) groups excluding carboxylic acids is 1. The molecule has 0 heterocycles. The van der Waals surface area contributed by atoms with E-state index in [4.69, 9.17) is 14.2 Å². The quantitative estimate of drug-likeness (QED) is 0.442. The fourth-order valence-electron chi connectivity index (χ4n) is 1.58. The standard InChI is InChI=1S/C14H18O4/c1-4-18-13(15)10-9-11-7-5-6-8-12(11)14(16-2)17-3/h5-10,14H,4H2,1-3H3. The van der Waals surface area contributed by atoms with Crippen LogP contribution in [0.25, 0.3) is 6.08 Å². The van der Waals surface area contributed by atoms with Crippen LogP contribution in [-0.4, -0.2) is 26.8 Å². The maximum atomic E-state index is 11.3. The molecule has 0 spiro atoms. The molecule has 0 aromatic heterocycles. The Bertz CT molecular complexity index is 408. The van der Waals surface area contributed by atoms with Crippen LogP contribution in [0.3, 0.4) is 0 Å². The predicted octanol–water partition coefficient (Wildman–Crippen LogP) is 2.55. The summed E-state index contributed by atoms with van der Waals surface area (Å²) in [7, 11) is 3.14. The second-order valence-corrected chi connectivity index (χ2v) is 3.52. The average Bonchev–Trinajstić information content (AvgIpc) is 2.39. The average molecular weight is 250 g/mol. The van der Waals surface area contributed by atoms with E-state index < -0.39 is 6.29 Å². The molecule has 0 radical (unpaired) electrons. The summed E-state index contributed by atoms with van der Waals surface area (Å²) in [6.45, 7) is 2.13. The molecular formula is C14H18O4. The zero-order valence-corrected chi connectivity index (χ0v) is 10.9. The molecule has 0 bridgehead atoms. The van der Waals surface area contributed by atoms with Crippen LogP contribution >= 0.6 is 0 Å². The third-order valence-electron chi connectivity index (χ3n) is 2.36. The van der Waals surface area contributed by atoms with Crippen molar-refractivity contribution >= 4 is 12.0 Å². The van der Waals surface area contributed by atoms with Crippen LogP contribution in [0.1, 0.15) is 24.3 Å². The molecule has 18 heavy (non-hydrogen) atoms. The second-order valence-electron chi connectivity index (χ2n) is 3.52. The van der Waals surface area contributed by atoms with Gasteiger partial charge in [-0.15, -0.1) is 0 Å². The van der Waals surface area contributed by atoms with E-state index in [-0.39, 0.29) is 5.97 Å². The van der Waals surface area contributed by atoms with Crippen LogP contribution in [0.4, 0.5) is 0 Å². The summed E-state index contributed by atoms with van der Waals surface area (Å²) in [4.78, 5) is 11.3. The first-order chi connectivity index (χ1) is 8.72. The molecule has 0 atom stereocenters. The van der Waals surface area contributed by atoms with Crippen LogP contribution in [0, 0.1) is 0 Å². The first kappa shape index (κ1) is 14.4. The molecule has 98 valence electrons. The lowest BCUT2D eigenvalue weighted by molar-refractivity contribution is -0.137. The van der Waals surface area contributed by atoms with Crippen molar-refractivity contribution in [1.29, 1.82) is 0 Å². The van der Waals surface area contributed by atoms with Gasteiger partial charge in [0.25, 0.3) is 0 Å². The van der Waals surface area contributed by atoms with E-state index in [0.717, 1.165) is 11.1 Å². The molecule has 0 saturated carbocycles. The van der Waals surface area contributed by atoms with Crippen LogP contribution in [0.15, 0.2) is 30.3 Å². The zero-order chi connectivity index (χ0) is 13.4. The minimum absolute atomic E-state index is 0.362. The van der Waals surface area contributed by atoms with Gasteiger partial charge in [0.15, 0.2) is 6.29 Å². The van der Waals surface area contributed by atoms with Gasteiger partial charge in [-0.1, -0.05) is 24.3 Å². The molecule has 1 aromatic rings. The maximum Gasteiger partial charge on any atom is 0.330 e. The number of carbonyl (C=O) groups is 1. The molecule has 4 heteroatoms. The Morgan fingerprint density at radius 3 is 2.56 bits per heavy atom. The lowest BCUT2D eigenvalue weighted by Crippen LogP contribution is -2.05. The van der Waals surface area contributed by atoms with Crippen molar-refractivity contribution in [3.05, 3.63) is 41.5 Å². The van der Waals surface area contributed by atoms with Gasteiger partial charge in [-0.25, -0.2) is 4.79 Å². The van der Waals surface area contributed by atoms with Crippen LogP contribution in [0.5, 0.6) is 0 Å². The fourth-order valence-corrected chi connectivity index (χ4v) is 1.58. The lowest BCUT2D eigenvalue weighted by atomic mass is 10.1. The van der Waals surface area contributed by atoms with Gasteiger partial charge in [0, 0.05) is 25.9 Å². The highest BCUT2D eigenvalue weighted by atomic mass is 16.7. The molecule has 0 aliphatic carbocycles.